The third kappa shape index (κ3) is 5.93. The van der Waals surface area contributed by atoms with Gasteiger partial charge in [-0.2, -0.15) is 5.10 Å². The van der Waals surface area contributed by atoms with Crippen molar-refractivity contribution in [2.45, 2.75) is 0 Å². The van der Waals surface area contributed by atoms with Crippen LogP contribution < -0.4 is 20.2 Å². The summed E-state index contributed by atoms with van der Waals surface area (Å²) in [6.45, 7) is 0. The Morgan fingerprint density at radius 1 is 1.16 bits per heavy atom. The number of hydrazone groups is 1. The Labute approximate surface area is 185 Å². The second-order valence-electron chi connectivity index (χ2n) is 5.89. The van der Waals surface area contributed by atoms with Gasteiger partial charge >= 0.3 is 5.97 Å². The first kappa shape index (κ1) is 22.1. The smallest absolute Gasteiger partial charge is 0.337 e. The Bertz CT molecular complexity index is 1130. The minimum atomic E-state index is -0.846. The quantitative estimate of drug-likeness (QED) is 0.224. The molecule has 0 unspecified atom stereocenters. The van der Waals surface area contributed by atoms with Gasteiger partial charge in [0.25, 0.3) is 17.1 Å². The van der Waals surface area contributed by atoms with Crippen LogP contribution in [0.3, 0.4) is 0 Å². The molecule has 1 aliphatic heterocycles. The molecule has 0 atom stereocenters. The lowest BCUT2D eigenvalue weighted by molar-refractivity contribution is -0.129. The van der Waals surface area contributed by atoms with Crippen molar-refractivity contribution < 1.29 is 28.7 Å². The lowest BCUT2D eigenvalue weighted by atomic mass is 10.2. The number of nitrogens with zero attached hydrogens (tertiary/aromatic N) is 1. The first-order valence-electron chi connectivity index (χ1n) is 8.59. The van der Waals surface area contributed by atoms with Crippen molar-refractivity contribution in [3.05, 3.63) is 69.6 Å². The zero-order chi connectivity index (χ0) is 22.4. The van der Waals surface area contributed by atoms with E-state index in [1.807, 2.05) is 5.32 Å². The van der Waals surface area contributed by atoms with E-state index in [2.05, 4.69) is 10.5 Å². The minimum absolute atomic E-state index is 0.0619. The number of halogens is 1. The fourth-order valence-corrected chi connectivity index (χ4v) is 3.21. The van der Waals surface area contributed by atoms with Crippen LogP contribution in [0.4, 0.5) is 4.79 Å². The highest BCUT2D eigenvalue weighted by Gasteiger charge is 2.26. The van der Waals surface area contributed by atoms with Gasteiger partial charge in [0, 0.05) is 16.7 Å². The number of carbonyl (C=O) groups is 4. The molecule has 1 aliphatic rings. The van der Waals surface area contributed by atoms with Crippen molar-refractivity contribution in [3.8, 4) is 11.5 Å². The molecule has 11 heteroatoms. The molecule has 0 saturated carbocycles. The number of amides is 3. The largest absolute Gasteiger partial charge is 0.493 e. The monoisotopic (exact) mass is 459 g/mol. The van der Waals surface area contributed by atoms with Crippen molar-refractivity contribution in [3.63, 3.8) is 0 Å². The lowest BCUT2D eigenvalue weighted by Crippen LogP contribution is -2.18. The van der Waals surface area contributed by atoms with Crippen LogP contribution in [0.1, 0.15) is 15.9 Å². The molecule has 158 valence electrons. The van der Waals surface area contributed by atoms with E-state index in [-0.39, 0.29) is 16.4 Å². The predicted molar refractivity (Wildman–Crippen MR) is 114 cm³/mol. The van der Waals surface area contributed by atoms with Crippen molar-refractivity contribution in [1.29, 1.82) is 0 Å². The number of nitrogens with one attached hydrogen (secondary N) is 2. The van der Waals surface area contributed by atoms with Crippen LogP contribution >= 0.6 is 23.4 Å². The van der Waals surface area contributed by atoms with E-state index < -0.39 is 23.0 Å². The number of rotatable bonds is 6. The molecule has 0 spiro atoms. The molecule has 0 radical (unpaired) electrons. The standard InChI is InChI=1S/C20H14ClN3O6S/c1-29-15-7-11(10-22-24-18(26)12-3-2-4-13(21)8-12)5-6-14(15)30-17(25)9-16-19(27)23-20(28)31-16/h2-10H,1H3,(H,24,26)(H,23,27,28)/b16-9+,22-10+. The van der Waals surface area contributed by atoms with Gasteiger partial charge in [-0.15, -0.1) is 0 Å². The summed E-state index contributed by atoms with van der Waals surface area (Å²) >= 11 is 6.46. The summed E-state index contributed by atoms with van der Waals surface area (Å²) in [6, 6.07) is 11.0. The van der Waals surface area contributed by atoms with Crippen LogP contribution in [0, 0.1) is 0 Å². The molecule has 0 bridgehead atoms. The highest BCUT2D eigenvalue weighted by Crippen LogP contribution is 2.29. The topological polar surface area (TPSA) is 123 Å². The Hall–Kier alpha value is -3.63. The number of hydrogen-bond acceptors (Lipinski definition) is 8. The molecule has 2 aromatic rings. The van der Waals surface area contributed by atoms with Crippen LogP contribution in [0.25, 0.3) is 0 Å². The summed E-state index contributed by atoms with van der Waals surface area (Å²) in [5.41, 5.74) is 3.29. The minimum Gasteiger partial charge on any atom is -0.493 e. The van der Waals surface area contributed by atoms with Gasteiger partial charge in [-0.1, -0.05) is 17.7 Å². The summed E-state index contributed by atoms with van der Waals surface area (Å²) in [4.78, 5) is 46.7. The molecule has 2 aromatic carbocycles. The van der Waals surface area contributed by atoms with E-state index in [0.717, 1.165) is 6.08 Å². The van der Waals surface area contributed by atoms with Crippen LogP contribution in [0.2, 0.25) is 5.02 Å². The number of carbonyl (C=O) groups excluding carboxylic acids is 4. The molecule has 2 N–H and O–H groups in total. The average Bonchev–Trinajstić information content (AvgIpc) is 3.05. The fraction of sp³-hybridized carbons (Fsp3) is 0.0500. The number of hydrogen-bond donors (Lipinski definition) is 2. The van der Waals surface area contributed by atoms with Gasteiger partial charge in [-0.05, 0) is 53.7 Å². The Kier molecular flexibility index (Phi) is 7.06. The highest BCUT2D eigenvalue weighted by molar-refractivity contribution is 8.18. The van der Waals surface area contributed by atoms with Crippen molar-refractivity contribution in [1.82, 2.24) is 10.7 Å². The maximum atomic E-state index is 12.0. The van der Waals surface area contributed by atoms with Gasteiger partial charge in [0.1, 0.15) is 0 Å². The summed E-state index contributed by atoms with van der Waals surface area (Å²) in [6.07, 6.45) is 2.30. The van der Waals surface area contributed by atoms with E-state index in [4.69, 9.17) is 21.1 Å². The van der Waals surface area contributed by atoms with Crippen LogP contribution in [-0.4, -0.2) is 36.3 Å². The van der Waals surface area contributed by atoms with Crippen LogP contribution in [0.15, 0.2) is 58.5 Å². The number of methoxy groups -OCH3 is 1. The number of imide groups is 1. The van der Waals surface area contributed by atoms with Crippen LogP contribution in [0.5, 0.6) is 11.5 Å². The van der Waals surface area contributed by atoms with Gasteiger partial charge in [0.15, 0.2) is 11.5 Å². The Morgan fingerprint density at radius 2 is 1.97 bits per heavy atom. The van der Waals surface area contributed by atoms with Gasteiger partial charge in [0.05, 0.1) is 18.2 Å². The molecule has 0 aliphatic carbocycles. The summed E-state index contributed by atoms with van der Waals surface area (Å²) in [7, 11) is 1.38. The molecule has 0 aromatic heterocycles. The lowest BCUT2D eigenvalue weighted by Gasteiger charge is -2.08. The summed E-state index contributed by atoms with van der Waals surface area (Å²) in [5, 5.41) is 5.79. The molecule has 1 saturated heterocycles. The first-order valence-corrected chi connectivity index (χ1v) is 9.79. The van der Waals surface area contributed by atoms with E-state index in [0.29, 0.717) is 27.9 Å². The first-order chi connectivity index (χ1) is 14.9. The third-order valence-corrected chi connectivity index (χ3v) is 4.80. The van der Waals surface area contributed by atoms with Gasteiger partial charge in [-0.25, -0.2) is 10.2 Å². The van der Waals surface area contributed by atoms with E-state index in [9.17, 15) is 19.2 Å². The highest BCUT2D eigenvalue weighted by atomic mass is 35.5. The maximum absolute atomic E-state index is 12.0. The number of benzene rings is 2. The summed E-state index contributed by atoms with van der Waals surface area (Å²) < 4.78 is 10.4. The zero-order valence-corrected chi connectivity index (χ0v) is 17.5. The van der Waals surface area contributed by atoms with E-state index in [1.165, 1.54) is 31.5 Å². The normalized spacial score (nSPS) is 14.6. The third-order valence-electron chi connectivity index (χ3n) is 3.76. The SMILES string of the molecule is COc1cc(/C=N/NC(=O)c2cccc(Cl)c2)ccc1OC(=O)/C=C1/SC(=O)NC1=O. The molecular weight excluding hydrogens is 446 g/mol. The van der Waals surface area contributed by atoms with E-state index >= 15 is 0 Å². The Morgan fingerprint density at radius 3 is 2.65 bits per heavy atom. The van der Waals surface area contributed by atoms with E-state index in [1.54, 1.807) is 24.3 Å². The van der Waals surface area contributed by atoms with Gasteiger partial charge in [-0.3, -0.25) is 19.7 Å². The molecular formula is C20H14ClN3O6S. The molecule has 31 heavy (non-hydrogen) atoms. The summed E-state index contributed by atoms with van der Waals surface area (Å²) in [5.74, 6) is -1.63. The maximum Gasteiger partial charge on any atom is 0.337 e. The molecule has 3 amide bonds. The predicted octanol–water partition coefficient (Wildman–Crippen LogP) is 2.88. The fourth-order valence-electron chi connectivity index (χ4n) is 2.37. The average molecular weight is 460 g/mol. The van der Waals surface area contributed by atoms with Crippen molar-refractivity contribution in [2.24, 2.45) is 5.10 Å². The van der Waals surface area contributed by atoms with Crippen molar-refractivity contribution in [2.75, 3.05) is 7.11 Å². The molecule has 3 rings (SSSR count). The zero-order valence-electron chi connectivity index (χ0n) is 15.9. The van der Waals surface area contributed by atoms with Crippen LogP contribution in [-0.2, 0) is 9.59 Å². The number of thioether (sulfide) groups is 1. The molecule has 1 heterocycles. The Balaban J connectivity index is 1.65. The molecule has 9 nitrogen and oxygen atoms in total. The molecule has 1 fully saturated rings. The van der Waals surface area contributed by atoms with Gasteiger partial charge < -0.3 is 9.47 Å². The second kappa shape index (κ2) is 9.92. The second-order valence-corrected chi connectivity index (χ2v) is 7.34. The van der Waals surface area contributed by atoms with Gasteiger partial charge in [0.2, 0.25) is 0 Å². The number of ether oxygens (including phenoxy) is 2. The van der Waals surface area contributed by atoms with Crippen molar-refractivity contribution >= 4 is 52.6 Å². The number of esters is 1.